The maximum atomic E-state index is 13.4. The molecule has 6 heteroatoms. The second-order valence-corrected chi connectivity index (χ2v) is 6.28. The summed E-state index contributed by atoms with van der Waals surface area (Å²) in [6.45, 7) is 0.724. The van der Waals surface area contributed by atoms with Crippen molar-refractivity contribution >= 4 is 11.7 Å². The highest BCUT2D eigenvalue weighted by Gasteiger charge is 2.30. The highest BCUT2D eigenvalue weighted by molar-refractivity contribution is 6.01. The Hall–Kier alpha value is -2.76. The van der Waals surface area contributed by atoms with E-state index in [9.17, 15) is 18.4 Å². The predicted molar refractivity (Wildman–Crippen MR) is 92.3 cm³/mol. The van der Waals surface area contributed by atoms with E-state index in [2.05, 4.69) is 0 Å². The van der Waals surface area contributed by atoms with E-state index in [0.717, 1.165) is 12.1 Å². The van der Waals surface area contributed by atoms with Crippen molar-refractivity contribution in [2.24, 2.45) is 5.92 Å². The number of piperidine rings is 1. The second-order valence-electron chi connectivity index (χ2n) is 6.28. The van der Waals surface area contributed by atoms with E-state index >= 15 is 0 Å². The summed E-state index contributed by atoms with van der Waals surface area (Å²) >= 11 is 0. The Bertz CT molecular complexity index is 838. The lowest BCUT2D eigenvalue weighted by atomic mass is 9.89. The molecule has 4 nitrogen and oxygen atoms in total. The Morgan fingerprint density at radius 3 is 2.62 bits per heavy atom. The number of Topliss-reactive ketones (excluding diaryl/α,β-unsaturated/α-hetero) is 1. The third-order valence-corrected chi connectivity index (χ3v) is 4.62. The van der Waals surface area contributed by atoms with Gasteiger partial charge in [-0.2, -0.15) is 0 Å². The van der Waals surface area contributed by atoms with Gasteiger partial charge in [0.15, 0.2) is 17.4 Å². The van der Waals surface area contributed by atoms with Crippen LogP contribution in [-0.2, 0) is 0 Å². The number of nitrogens with zero attached hydrogens (tertiary/aromatic N) is 1. The number of para-hydroxylation sites is 1. The third kappa shape index (κ3) is 3.59. The van der Waals surface area contributed by atoms with Crippen LogP contribution in [0.15, 0.2) is 42.5 Å². The number of methoxy groups -OCH3 is 1. The van der Waals surface area contributed by atoms with E-state index < -0.39 is 17.5 Å². The molecule has 1 fully saturated rings. The SMILES string of the molecule is COc1ccccc1C(=O)[C@@H]1CCCN(C(=O)c2ccc(F)c(F)c2)C1. The number of hydrogen-bond acceptors (Lipinski definition) is 3. The van der Waals surface area contributed by atoms with Crippen molar-refractivity contribution in [3.05, 3.63) is 65.2 Å². The maximum Gasteiger partial charge on any atom is 0.253 e. The minimum Gasteiger partial charge on any atom is -0.496 e. The summed E-state index contributed by atoms with van der Waals surface area (Å²) in [7, 11) is 1.51. The summed E-state index contributed by atoms with van der Waals surface area (Å²) in [5, 5.41) is 0. The molecule has 1 aliphatic heterocycles. The van der Waals surface area contributed by atoms with Crippen molar-refractivity contribution in [3.8, 4) is 5.75 Å². The molecule has 1 aliphatic rings. The fourth-order valence-electron chi connectivity index (χ4n) is 3.26. The van der Waals surface area contributed by atoms with Crippen LogP contribution in [0.4, 0.5) is 8.78 Å². The molecule has 0 N–H and O–H groups in total. The van der Waals surface area contributed by atoms with E-state index in [1.807, 2.05) is 0 Å². The zero-order valence-electron chi connectivity index (χ0n) is 14.4. The summed E-state index contributed by atoms with van der Waals surface area (Å²) < 4.78 is 31.7. The van der Waals surface area contributed by atoms with Gasteiger partial charge in [0, 0.05) is 24.6 Å². The van der Waals surface area contributed by atoms with E-state index in [4.69, 9.17) is 4.74 Å². The van der Waals surface area contributed by atoms with Gasteiger partial charge in [-0.05, 0) is 43.2 Å². The molecule has 0 unspecified atom stereocenters. The highest BCUT2D eigenvalue weighted by Crippen LogP contribution is 2.27. The highest BCUT2D eigenvalue weighted by atomic mass is 19.2. The molecule has 1 amide bonds. The van der Waals surface area contributed by atoms with Crippen LogP contribution in [0.5, 0.6) is 5.75 Å². The van der Waals surface area contributed by atoms with Crippen LogP contribution < -0.4 is 4.74 Å². The van der Waals surface area contributed by atoms with Crippen LogP contribution in [0, 0.1) is 17.6 Å². The first-order chi connectivity index (χ1) is 12.5. The van der Waals surface area contributed by atoms with E-state index in [1.165, 1.54) is 18.1 Å². The van der Waals surface area contributed by atoms with Gasteiger partial charge in [-0.25, -0.2) is 8.78 Å². The molecule has 0 saturated carbocycles. The zero-order valence-corrected chi connectivity index (χ0v) is 14.4. The summed E-state index contributed by atoms with van der Waals surface area (Å²) in [6, 6.07) is 10.1. The summed E-state index contributed by atoms with van der Waals surface area (Å²) in [5.74, 6) is -2.39. The molecule has 0 bridgehead atoms. The molecule has 0 radical (unpaired) electrons. The van der Waals surface area contributed by atoms with Crippen LogP contribution >= 0.6 is 0 Å². The lowest BCUT2D eigenvalue weighted by Gasteiger charge is -2.32. The van der Waals surface area contributed by atoms with Crippen LogP contribution in [0.3, 0.4) is 0 Å². The molecule has 0 aliphatic carbocycles. The third-order valence-electron chi connectivity index (χ3n) is 4.62. The smallest absolute Gasteiger partial charge is 0.253 e. The molecule has 2 aromatic carbocycles. The first kappa shape index (κ1) is 18.0. The average Bonchev–Trinajstić information content (AvgIpc) is 2.69. The molecular formula is C20H19F2NO3. The number of halogens is 2. The first-order valence-corrected chi connectivity index (χ1v) is 8.43. The van der Waals surface area contributed by atoms with Gasteiger partial charge in [-0.15, -0.1) is 0 Å². The minimum absolute atomic E-state index is 0.0780. The van der Waals surface area contributed by atoms with Gasteiger partial charge in [-0.1, -0.05) is 12.1 Å². The van der Waals surface area contributed by atoms with Gasteiger partial charge in [0.25, 0.3) is 5.91 Å². The van der Waals surface area contributed by atoms with E-state index in [-0.39, 0.29) is 23.8 Å². The minimum atomic E-state index is -1.06. The van der Waals surface area contributed by atoms with Crippen molar-refractivity contribution < 1.29 is 23.1 Å². The number of rotatable bonds is 4. The largest absolute Gasteiger partial charge is 0.496 e. The topological polar surface area (TPSA) is 46.6 Å². The average molecular weight is 359 g/mol. The number of ketones is 1. The van der Waals surface area contributed by atoms with Crippen LogP contribution in [-0.4, -0.2) is 36.8 Å². The van der Waals surface area contributed by atoms with Gasteiger partial charge >= 0.3 is 0 Å². The monoisotopic (exact) mass is 359 g/mol. The van der Waals surface area contributed by atoms with Crippen LogP contribution in [0.2, 0.25) is 0 Å². The molecule has 2 aromatic rings. The summed E-state index contributed by atoms with van der Waals surface area (Å²) in [5.41, 5.74) is 0.566. The van der Waals surface area contributed by atoms with E-state index in [0.29, 0.717) is 30.7 Å². The van der Waals surface area contributed by atoms with Crippen molar-refractivity contribution in [1.82, 2.24) is 4.90 Å². The molecule has 3 rings (SSSR count). The van der Waals surface area contributed by atoms with Gasteiger partial charge in [0.2, 0.25) is 0 Å². The summed E-state index contributed by atoms with van der Waals surface area (Å²) in [4.78, 5) is 27.0. The fourth-order valence-corrected chi connectivity index (χ4v) is 3.26. The van der Waals surface area contributed by atoms with Crippen LogP contribution in [0.1, 0.15) is 33.6 Å². The Labute approximate surface area is 150 Å². The van der Waals surface area contributed by atoms with E-state index in [1.54, 1.807) is 24.3 Å². The molecule has 0 aromatic heterocycles. The van der Waals surface area contributed by atoms with Gasteiger partial charge in [-0.3, -0.25) is 9.59 Å². The normalized spacial score (nSPS) is 17.0. The molecule has 26 heavy (non-hydrogen) atoms. The number of carbonyl (C=O) groups excluding carboxylic acids is 2. The zero-order chi connectivity index (χ0) is 18.7. The Kier molecular flexibility index (Phi) is 5.30. The van der Waals surface area contributed by atoms with Crippen molar-refractivity contribution in [2.45, 2.75) is 12.8 Å². The molecule has 1 atom stereocenters. The molecule has 1 heterocycles. The first-order valence-electron chi connectivity index (χ1n) is 8.43. The predicted octanol–water partition coefficient (Wildman–Crippen LogP) is 3.71. The summed E-state index contributed by atoms with van der Waals surface area (Å²) in [6.07, 6.45) is 1.33. The van der Waals surface area contributed by atoms with Gasteiger partial charge < -0.3 is 9.64 Å². The fraction of sp³-hybridized carbons (Fsp3) is 0.300. The van der Waals surface area contributed by atoms with Crippen molar-refractivity contribution in [2.75, 3.05) is 20.2 Å². The molecule has 136 valence electrons. The van der Waals surface area contributed by atoms with Gasteiger partial charge in [0.05, 0.1) is 12.7 Å². The Morgan fingerprint density at radius 1 is 1.12 bits per heavy atom. The van der Waals surface area contributed by atoms with Gasteiger partial charge in [0.1, 0.15) is 5.75 Å². The second kappa shape index (κ2) is 7.64. The van der Waals surface area contributed by atoms with Crippen LogP contribution in [0.25, 0.3) is 0 Å². The number of likely N-dealkylation sites (tertiary alicyclic amines) is 1. The number of carbonyl (C=O) groups is 2. The quantitative estimate of drug-likeness (QED) is 0.782. The van der Waals surface area contributed by atoms with Crippen molar-refractivity contribution in [3.63, 3.8) is 0 Å². The molecule has 1 saturated heterocycles. The number of ether oxygens (including phenoxy) is 1. The number of amides is 1. The Balaban J connectivity index is 1.77. The number of benzene rings is 2. The lowest BCUT2D eigenvalue weighted by molar-refractivity contribution is 0.0635. The maximum absolute atomic E-state index is 13.4. The molecular weight excluding hydrogens is 340 g/mol. The Morgan fingerprint density at radius 2 is 1.88 bits per heavy atom. The van der Waals surface area contributed by atoms with Crippen molar-refractivity contribution in [1.29, 1.82) is 0 Å². The lowest BCUT2D eigenvalue weighted by Crippen LogP contribution is -2.42. The number of hydrogen-bond donors (Lipinski definition) is 0. The standard InChI is InChI=1S/C20H19F2NO3/c1-26-18-7-3-2-6-15(18)19(24)14-5-4-10-23(12-14)20(25)13-8-9-16(21)17(22)11-13/h2-3,6-9,11,14H,4-5,10,12H2,1H3/t14-/m1/s1. The molecule has 0 spiro atoms.